The molecule has 0 saturated carbocycles. The van der Waals surface area contributed by atoms with Crippen LogP contribution >= 0.6 is 0 Å². The Balaban J connectivity index is 1.49. The van der Waals surface area contributed by atoms with Gasteiger partial charge in [0.25, 0.3) is 0 Å². The molecule has 2 aromatic rings. The highest BCUT2D eigenvalue weighted by Gasteiger charge is 2.19. The third-order valence-corrected chi connectivity index (χ3v) is 5.60. The van der Waals surface area contributed by atoms with Crippen molar-refractivity contribution < 1.29 is 19.4 Å². The Labute approximate surface area is 180 Å². The molecule has 162 valence electrons. The Kier molecular flexibility index (Phi) is 9.59. The number of carbonyl (C=O) groups excluding carboxylic acids is 1. The molecule has 0 radical (unpaired) electrons. The minimum atomic E-state index is -1.00. The van der Waals surface area contributed by atoms with Crippen molar-refractivity contribution in [2.24, 2.45) is 0 Å². The van der Waals surface area contributed by atoms with Gasteiger partial charge in [-0.2, -0.15) is 0 Å². The van der Waals surface area contributed by atoms with Crippen molar-refractivity contribution in [3.05, 3.63) is 71.3 Å². The van der Waals surface area contributed by atoms with E-state index >= 15 is 0 Å². The number of esters is 1. The van der Waals surface area contributed by atoms with Crippen LogP contribution in [0.2, 0.25) is 0 Å². The molecule has 30 heavy (non-hydrogen) atoms. The fraction of sp³-hybridized carbons (Fsp3) is 0.462. The van der Waals surface area contributed by atoms with Gasteiger partial charge in [0.2, 0.25) is 0 Å². The molecule has 4 nitrogen and oxygen atoms in total. The number of aromatic carboxylic acids is 1. The first-order chi connectivity index (χ1) is 14.4. The molecule has 0 aromatic heterocycles. The van der Waals surface area contributed by atoms with Gasteiger partial charge in [-0.15, -0.1) is 0 Å². The second-order valence-electron chi connectivity index (χ2n) is 8.49. The Morgan fingerprint density at radius 3 is 1.90 bits per heavy atom. The highest BCUT2D eigenvalue weighted by molar-refractivity contribution is 5.92. The van der Waals surface area contributed by atoms with E-state index in [0.717, 1.165) is 19.3 Å². The second kappa shape index (κ2) is 12.2. The lowest BCUT2D eigenvalue weighted by Gasteiger charge is -2.25. The number of carboxylic acid groups (broad SMARTS) is 1. The third kappa shape index (κ3) is 8.02. The molecule has 0 saturated heterocycles. The van der Waals surface area contributed by atoms with Gasteiger partial charge in [-0.1, -0.05) is 82.7 Å². The molecule has 0 amide bonds. The lowest BCUT2D eigenvalue weighted by atomic mass is 9.80. The summed E-state index contributed by atoms with van der Waals surface area (Å²) in [5.74, 6) is -1.40. The summed E-state index contributed by atoms with van der Waals surface area (Å²) in [6.07, 6.45) is 9.27. The monoisotopic (exact) mass is 410 g/mol. The molecule has 0 bridgehead atoms. The minimum absolute atomic E-state index is 0.162. The maximum Gasteiger partial charge on any atom is 0.338 e. The Morgan fingerprint density at radius 2 is 1.30 bits per heavy atom. The molecule has 0 fully saturated rings. The van der Waals surface area contributed by atoms with E-state index < -0.39 is 11.9 Å². The van der Waals surface area contributed by atoms with Crippen LogP contribution in [0.15, 0.2) is 54.6 Å². The van der Waals surface area contributed by atoms with Crippen molar-refractivity contribution in [3.63, 3.8) is 0 Å². The van der Waals surface area contributed by atoms with Crippen molar-refractivity contribution in [1.29, 1.82) is 0 Å². The van der Waals surface area contributed by atoms with E-state index in [9.17, 15) is 9.59 Å². The molecule has 0 unspecified atom stereocenters. The molecule has 0 aliphatic rings. The van der Waals surface area contributed by atoms with E-state index in [1.54, 1.807) is 0 Å². The SMILES string of the molecule is CC(C)(CCCCCCCCCOC(=O)c1ccc(C(=O)O)cc1)c1ccccc1. The summed E-state index contributed by atoms with van der Waals surface area (Å²) in [5.41, 5.74) is 2.20. The molecule has 2 rings (SSSR count). The zero-order valence-electron chi connectivity index (χ0n) is 18.2. The highest BCUT2D eigenvalue weighted by Crippen LogP contribution is 2.29. The van der Waals surface area contributed by atoms with Crippen LogP contribution in [0.3, 0.4) is 0 Å². The standard InChI is InChI=1S/C26H34O4/c1-26(2,23-13-9-8-10-14-23)19-11-6-4-3-5-7-12-20-30-25(29)22-17-15-21(16-18-22)24(27)28/h8-10,13-18H,3-7,11-12,19-20H2,1-2H3,(H,27,28). The van der Waals surface area contributed by atoms with Crippen molar-refractivity contribution in [2.45, 2.75) is 70.6 Å². The van der Waals surface area contributed by atoms with Crippen molar-refractivity contribution in [3.8, 4) is 0 Å². The van der Waals surface area contributed by atoms with Gasteiger partial charge in [0.05, 0.1) is 17.7 Å². The topological polar surface area (TPSA) is 63.6 Å². The van der Waals surface area contributed by atoms with Gasteiger partial charge in [0.1, 0.15) is 0 Å². The number of unbranched alkanes of at least 4 members (excludes halogenated alkanes) is 6. The average Bonchev–Trinajstić information content (AvgIpc) is 2.75. The molecule has 0 heterocycles. The van der Waals surface area contributed by atoms with Crippen molar-refractivity contribution >= 4 is 11.9 Å². The van der Waals surface area contributed by atoms with Crippen LogP contribution < -0.4 is 0 Å². The van der Waals surface area contributed by atoms with Crippen LogP contribution in [-0.4, -0.2) is 23.7 Å². The highest BCUT2D eigenvalue weighted by atomic mass is 16.5. The number of benzene rings is 2. The van der Waals surface area contributed by atoms with Gasteiger partial charge in [-0.05, 0) is 48.1 Å². The molecule has 0 aliphatic heterocycles. The number of hydrogen-bond donors (Lipinski definition) is 1. The van der Waals surface area contributed by atoms with E-state index in [4.69, 9.17) is 9.84 Å². The van der Waals surface area contributed by atoms with Gasteiger partial charge in [-0.3, -0.25) is 0 Å². The smallest absolute Gasteiger partial charge is 0.338 e. The van der Waals surface area contributed by atoms with Crippen LogP contribution in [0.1, 0.15) is 91.5 Å². The molecule has 0 aliphatic carbocycles. The first-order valence-corrected chi connectivity index (χ1v) is 11.0. The minimum Gasteiger partial charge on any atom is -0.478 e. The van der Waals surface area contributed by atoms with Gasteiger partial charge >= 0.3 is 11.9 Å². The first-order valence-electron chi connectivity index (χ1n) is 11.0. The average molecular weight is 411 g/mol. The Bertz CT molecular complexity index is 778. The largest absolute Gasteiger partial charge is 0.478 e. The molecule has 1 N–H and O–H groups in total. The van der Waals surface area contributed by atoms with Crippen LogP contribution in [0.25, 0.3) is 0 Å². The van der Waals surface area contributed by atoms with E-state index in [1.165, 1.54) is 61.9 Å². The number of hydrogen-bond acceptors (Lipinski definition) is 3. The molecule has 0 spiro atoms. The predicted octanol–water partition coefficient (Wildman–Crippen LogP) is 6.64. The summed E-state index contributed by atoms with van der Waals surface area (Å²) >= 11 is 0. The maximum absolute atomic E-state index is 11.9. The second-order valence-corrected chi connectivity index (χ2v) is 8.49. The number of carbonyl (C=O) groups is 2. The lowest BCUT2D eigenvalue weighted by Crippen LogP contribution is -2.16. The van der Waals surface area contributed by atoms with E-state index in [-0.39, 0.29) is 11.0 Å². The van der Waals surface area contributed by atoms with Gasteiger partial charge in [0.15, 0.2) is 0 Å². The zero-order chi connectivity index (χ0) is 21.8. The zero-order valence-corrected chi connectivity index (χ0v) is 18.2. The number of ether oxygens (including phenoxy) is 1. The predicted molar refractivity (Wildman–Crippen MR) is 120 cm³/mol. The van der Waals surface area contributed by atoms with E-state index in [2.05, 4.69) is 44.2 Å². The van der Waals surface area contributed by atoms with Crippen LogP contribution in [0.5, 0.6) is 0 Å². The summed E-state index contributed by atoms with van der Waals surface area (Å²) in [7, 11) is 0. The molecule has 4 heteroatoms. The normalized spacial score (nSPS) is 11.3. The van der Waals surface area contributed by atoms with Gasteiger partial charge in [0, 0.05) is 0 Å². The number of carboxylic acids is 1. The molecular weight excluding hydrogens is 376 g/mol. The maximum atomic E-state index is 11.9. The Morgan fingerprint density at radius 1 is 0.767 bits per heavy atom. The van der Waals surface area contributed by atoms with Crippen LogP contribution in [-0.2, 0) is 10.2 Å². The lowest BCUT2D eigenvalue weighted by molar-refractivity contribution is 0.0496. The summed E-state index contributed by atoms with van der Waals surface area (Å²) in [4.78, 5) is 22.8. The third-order valence-electron chi connectivity index (χ3n) is 5.60. The fourth-order valence-corrected chi connectivity index (χ4v) is 3.58. The summed E-state index contributed by atoms with van der Waals surface area (Å²) < 4.78 is 5.27. The molecule has 2 aromatic carbocycles. The number of rotatable bonds is 13. The first kappa shape index (κ1) is 23.7. The van der Waals surface area contributed by atoms with Crippen molar-refractivity contribution in [1.82, 2.24) is 0 Å². The fourth-order valence-electron chi connectivity index (χ4n) is 3.58. The van der Waals surface area contributed by atoms with Crippen molar-refractivity contribution in [2.75, 3.05) is 6.61 Å². The van der Waals surface area contributed by atoms with E-state index in [1.807, 2.05) is 0 Å². The summed E-state index contributed by atoms with van der Waals surface area (Å²) in [5, 5.41) is 8.87. The molecule has 0 atom stereocenters. The summed E-state index contributed by atoms with van der Waals surface area (Å²) in [6.45, 7) is 5.05. The summed E-state index contributed by atoms with van der Waals surface area (Å²) in [6, 6.07) is 16.6. The van der Waals surface area contributed by atoms with Gasteiger partial charge in [-0.25, -0.2) is 9.59 Å². The van der Waals surface area contributed by atoms with Gasteiger partial charge < -0.3 is 9.84 Å². The Hall–Kier alpha value is -2.62. The van der Waals surface area contributed by atoms with Crippen LogP contribution in [0.4, 0.5) is 0 Å². The van der Waals surface area contributed by atoms with E-state index in [0.29, 0.717) is 12.2 Å². The van der Waals surface area contributed by atoms with Crippen LogP contribution in [0, 0.1) is 0 Å². The molecular formula is C26H34O4. The quantitative estimate of drug-likeness (QED) is 0.297.